The fourth-order valence-corrected chi connectivity index (χ4v) is 3.71. The second kappa shape index (κ2) is 9.08. The van der Waals surface area contributed by atoms with Crippen molar-refractivity contribution in [2.45, 2.75) is 13.5 Å². The molecule has 0 aliphatic carbocycles. The summed E-state index contributed by atoms with van der Waals surface area (Å²) in [6, 6.07) is 20.2. The number of ether oxygens (including phenoxy) is 1. The first kappa shape index (κ1) is 21.3. The molecule has 4 rings (SSSR count). The summed E-state index contributed by atoms with van der Waals surface area (Å²) in [7, 11) is 0. The van der Waals surface area contributed by atoms with Gasteiger partial charge in [-0.2, -0.15) is 5.26 Å². The number of imidazole rings is 1. The third-order valence-electron chi connectivity index (χ3n) is 4.88. The van der Waals surface area contributed by atoms with Gasteiger partial charge in [0, 0.05) is 0 Å². The van der Waals surface area contributed by atoms with Crippen LogP contribution in [0.2, 0.25) is 0 Å². The Labute approximate surface area is 192 Å². The van der Waals surface area contributed by atoms with E-state index in [1.54, 1.807) is 30.3 Å². The Bertz CT molecular complexity index is 1380. The van der Waals surface area contributed by atoms with Gasteiger partial charge in [-0.25, -0.2) is 9.78 Å². The highest BCUT2D eigenvalue weighted by molar-refractivity contribution is 9.10. The van der Waals surface area contributed by atoms with E-state index in [1.165, 1.54) is 0 Å². The highest BCUT2D eigenvalue weighted by Gasteiger charge is 2.10. The number of nitrogens with zero attached hydrogens (tertiary/aromatic N) is 2. The molecule has 1 aromatic heterocycles. The summed E-state index contributed by atoms with van der Waals surface area (Å²) in [6.07, 6.45) is 1.77. The zero-order chi connectivity index (χ0) is 22.7. The van der Waals surface area contributed by atoms with Crippen molar-refractivity contribution in [3.63, 3.8) is 0 Å². The molecule has 0 saturated carbocycles. The fraction of sp³-hybridized carbons (Fsp3) is 0.0800. The van der Waals surface area contributed by atoms with Gasteiger partial charge in [0.05, 0.1) is 26.6 Å². The van der Waals surface area contributed by atoms with Crippen LogP contribution in [0.5, 0.6) is 5.75 Å². The van der Waals surface area contributed by atoms with Gasteiger partial charge < -0.3 is 14.8 Å². The summed E-state index contributed by atoms with van der Waals surface area (Å²) in [5.74, 6) is 0.204. The van der Waals surface area contributed by atoms with Crippen LogP contribution < -0.4 is 4.74 Å². The van der Waals surface area contributed by atoms with E-state index in [4.69, 9.17) is 9.84 Å². The number of fused-ring (bicyclic) bond motifs is 1. The largest absolute Gasteiger partial charge is 0.488 e. The quantitative estimate of drug-likeness (QED) is 0.326. The molecule has 0 unspecified atom stereocenters. The van der Waals surface area contributed by atoms with Crippen LogP contribution in [0.15, 0.2) is 65.1 Å². The van der Waals surface area contributed by atoms with Gasteiger partial charge in [-0.15, -0.1) is 0 Å². The van der Waals surface area contributed by atoms with Gasteiger partial charge in [-0.1, -0.05) is 24.3 Å². The van der Waals surface area contributed by atoms with E-state index in [-0.39, 0.29) is 5.56 Å². The lowest BCUT2D eigenvalue weighted by molar-refractivity contribution is 0.0697. The van der Waals surface area contributed by atoms with Crippen LogP contribution in [0.25, 0.3) is 22.7 Å². The summed E-state index contributed by atoms with van der Waals surface area (Å²) in [6.45, 7) is 2.31. The van der Waals surface area contributed by atoms with Gasteiger partial charge in [-0.3, -0.25) is 0 Å². The van der Waals surface area contributed by atoms with Crippen molar-refractivity contribution in [3.05, 3.63) is 93.2 Å². The molecule has 32 heavy (non-hydrogen) atoms. The number of allylic oxidation sites excluding steroid dienone is 1. The van der Waals surface area contributed by atoms with Crippen molar-refractivity contribution < 1.29 is 14.6 Å². The minimum absolute atomic E-state index is 0.235. The van der Waals surface area contributed by atoms with E-state index >= 15 is 0 Å². The molecule has 1 heterocycles. The maximum atomic E-state index is 10.9. The van der Waals surface area contributed by atoms with Crippen LogP contribution in [0.1, 0.15) is 32.9 Å². The van der Waals surface area contributed by atoms with Crippen LogP contribution >= 0.6 is 15.9 Å². The molecule has 0 radical (unpaired) electrons. The summed E-state index contributed by atoms with van der Waals surface area (Å²) in [5, 5.41) is 18.6. The average Bonchev–Trinajstić information content (AvgIpc) is 3.20. The van der Waals surface area contributed by atoms with Gasteiger partial charge >= 0.3 is 5.97 Å². The number of nitriles is 1. The number of rotatable bonds is 6. The van der Waals surface area contributed by atoms with E-state index < -0.39 is 5.97 Å². The van der Waals surface area contributed by atoms with Crippen LogP contribution in [0.3, 0.4) is 0 Å². The summed E-state index contributed by atoms with van der Waals surface area (Å²) < 4.78 is 6.59. The maximum absolute atomic E-state index is 10.9. The maximum Gasteiger partial charge on any atom is 0.335 e. The first-order valence-electron chi connectivity index (χ1n) is 9.76. The van der Waals surface area contributed by atoms with E-state index in [2.05, 4.69) is 32.0 Å². The third-order valence-corrected chi connectivity index (χ3v) is 5.49. The summed E-state index contributed by atoms with van der Waals surface area (Å²) in [4.78, 5) is 18.7. The zero-order valence-corrected chi connectivity index (χ0v) is 18.7. The molecule has 6 nitrogen and oxygen atoms in total. The minimum atomic E-state index is -0.960. The predicted molar refractivity (Wildman–Crippen MR) is 126 cm³/mol. The Kier molecular flexibility index (Phi) is 6.06. The first-order valence-corrected chi connectivity index (χ1v) is 10.6. The lowest BCUT2D eigenvalue weighted by atomic mass is 10.1. The van der Waals surface area contributed by atoms with Crippen LogP contribution in [-0.2, 0) is 6.61 Å². The van der Waals surface area contributed by atoms with Crippen LogP contribution in [0, 0.1) is 18.3 Å². The number of benzene rings is 3. The number of aryl methyl sites for hydroxylation is 1. The topological polar surface area (TPSA) is 99.0 Å². The molecule has 4 aromatic rings. The van der Waals surface area contributed by atoms with Crippen molar-refractivity contribution >= 4 is 44.6 Å². The number of aromatic carboxylic acids is 1. The minimum Gasteiger partial charge on any atom is -0.488 e. The van der Waals surface area contributed by atoms with E-state index in [0.29, 0.717) is 23.8 Å². The Balaban J connectivity index is 1.51. The Morgan fingerprint density at radius 2 is 1.97 bits per heavy atom. The van der Waals surface area contributed by atoms with Crippen molar-refractivity contribution in [1.29, 1.82) is 5.26 Å². The van der Waals surface area contributed by atoms with E-state index in [9.17, 15) is 10.1 Å². The highest BCUT2D eigenvalue weighted by atomic mass is 79.9. The number of carboxylic acid groups (broad SMARTS) is 1. The molecule has 0 aliphatic rings. The molecular formula is C25H18BrN3O3. The molecule has 7 heteroatoms. The molecule has 0 bridgehead atoms. The number of aromatic amines is 1. The second-order valence-corrected chi connectivity index (χ2v) is 8.11. The molecule has 0 spiro atoms. The molecule has 0 atom stereocenters. The Morgan fingerprint density at radius 1 is 1.19 bits per heavy atom. The smallest absolute Gasteiger partial charge is 0.335 e. The van der Waals surface area contributed by atoms with E-state index in [1.807, 2.05) is 43.3 Å². The van der Waals surface area contributed by atoms with Crippen molar-refractivity contribution in [2.24, 2.45) is 0 Å². The third kappa shape index (κ3) is 4.71. The number of nitrogens with one attached hydrogen (secondary N) is 1. The monoisotopic (exact) mass is 487 g/mol. The number of hydrogen-bond donors (Lipinski definition) is 2. The number of carboxylic acids is 1. The molecule has 0 amide bonds. The van der Waals surface area contributed by atoms with Gasteiger partial charge in [0.15, 0.2) is 0 Å². The van der Waals surface area contributed by atoms with Gasteiger partial charge in [-0.05, 0) is 82.0 Å². The standard InChI is InChI=1S/C25H18BrN3O3/c1-15-2-8-21-22(10-15)29-24(28-21)19(13-27)11-17-5-9-23(20(26)12-17)32-14-16-3-6-18(7-4-16)25(30)31/h2-12H,14H2,1H3,(H,28,29)(H,30,31). The van der Waals surface area contributed by atoms with Gasteiger partial charge in [0.1, 0.15) is 24.3 Å². The molecule has 0 fully saturated rings. The number of carbonyl (C=O) groups is 1. The number of H-pyrrole nitrogens is 1. The normalized spacial score (nSPS) is 11.3. The van der Waals surface area contributed by atoms with Gasteiger partial charge in [0.2, 0.25) is 0 Å². The Hall–Kier alpha value is -3.89. The lowest BCUT2D eigenvalue weighted by Gasteiger charge is -2.09. The van der Waals surface area contributed by atoms with Gasteiger partial charge in [0.25, 0.3) is 0 Å². The Morgan fingerprint density at radius 3 is 2.66 bits per heavy atom. The summed E-state index contributed by atoms with van der Waals surface area (Å²) in [5.41, 5.74) is 5.17. The number of aromatic nitrogens is 2. The number of hydrogen-bond acceptors (Lipinski definition) is 4. The van der Waals surface area contributed by atoms with Crippen LogP contribution in [-0.4, -0.2) is 21.0 Å². The zero-order valence-electron chi connectivity index (χ0n) is 17.1. The molecule has 3 aromatic carbocycles. The first-order chi connectivity index (χ1) is 15.4. The molecular weight excluding hydrogens is 470 g/mol. The molecule has 2 N–H and O–H groups in total. The molecule has 0 saturated heterocycles. The van der Waals surface area contributed by atoms with E-state index in [0.717, 1.165) is 32.2 Å². The summed E-state index contributed by atoms with van der Waals surface area (Å²) >= 11 is 3.52. The molecule has 0 aliphatic heterocycles. The molecule has 158 valence electrons. The van der Waals surface area contributed by atoms with Crippen molar-refractivity contribution in [3.8, 4) is 11.8 Å². The lowest BCUT2D eigenvalue weighted by Crippen LogP contribution is -1.99. The average molecular weight is 488 g/mol. The highest BCUT2D eigenvalue weighted by Crippen LogP contribution is 2.29. The van der Waals surface area contributed by atoms with Crippen LogP contribution in [0.4, 0.5) is 0 Å². The SMILES string of the molecule is Cc1ccc2nc(C(C#N)=Cc3ccc(OCc4ccc(C(=O)O)cc4)c(Br)c3)[nH]c2c1. The van der Waals surface area contributed by atoms with Crippen molar-refractivity contribution in [1.82, 2.24) is 9.97 Å². The second-order valence-electron chi connectivity index (χ2n) is 7.26. The number of halogens is 1. The predicted octanol–water partition coefficient (Wildman–Crippen LogP) is 5.98. The van der Waals surface area contributed by atoms with Crippen molar-refractivity contribution in [2.75, 3.05) is 0 Å². The fourth-order valence-electron chi connectivity index (χ4n) is 3.20.